The quantitative estimate of drug-likeness (QED) is 0.466. The van der Waals surface area contributed by atoms with Gasteiger partial charge in [-0.05, 0) is 44.4 Å². The van der Waals surface area contributed by atoms with Crippen molar-refractivity contribution in [2.75, 3.05) is 18.9 Å². The van der Waals surface area contributed by atoms with E-state index in [1.165, 1.54) is 5.41 Å². The van der Waals surface area contributed by atoms with Crippen LogP contribution in [0, 0.1) is 13.8 Å². The Morgan fingerprint density at radius 1 is 1.19 bits per heavy atom. The molecule has 0 bridgehead atoms. The molecular formula is C22H29N5O3S. The highest BCUT2D eigenvalue weighted by atomic mass is 32.2. The average molecular weight is 444 g/mol. The van der Waals surface area contributed by atoms with Crippen LogP contribution in [0.25, 0.3) is 17.1 Å². The predicted molar refractivity (Wildman–Crippen MR) is 124 cm³/mol. The Morgan fingerprint density at radius 3 is 2.65 bits per heavy atom. The molecule has 166 valence electrons. The van der Waals surface area contributed by atoms with Gasteiger partial charge in [0.15, 0.2) is 5.82 Å². The van der Waals surface area contributed by atoms with Gasteiger partial charge < -0.3 is 15.0 Å². The summed E-state index contributed by atoms with van der Waals surface area (Å²) in [6, 6.07) is 9.31. The molecule has 0 saturated heterocycles. The summed E-state index contributed by atoms with van der Waals surface area (Å²) >= 11 is 0. The summed E-state index contributed by atoms with van der Waals surface area (Å²) in [5, 5.41) is 1.19. The Bertz CT molecular complexity index is 1170. The number of aryl methyl sites for hydroxylation is 3. The topological polar surface area (TPSA) is 112 Å². The lowest BCUT2D eigenvalue weighted by Gasteiger charge is -2.12. The highest BCUT2D eigenvalue weighted by Crippen LogP contribution is 2.26. The number of benzene rings is 1. The van der Waals surface area contributed by atoms with Crippen molar-refractivity contribution in [3.05, 3.63) is 58.4 Å². The molecule has 0 aliphatic rings. The van der Waals surface area contributed by atoms with E-state index < -0.39 is 10.0 Å². The molecule has 2 aromatic heterocycles. The fourth-order valence-electron chi connectivity index (χ4n) is 3.32. The number of aromatic nitrogens is 3. The summed E-state index contributed by atoms with van der Waals surface area (Å²) in [5.74, 6) is 1.15. The van der Waals surface area contributed by atoms with Crippen LogP contribution in [0.1, 0.15) is 36.0 Å². The van der Waals surface area contributed by atoms with Crippen LogP contribution < -0.4 is 10.5 Å². The van der Waals surface area contributed by atoms with Crippen molar-refractivity contribution in [2.45, 2.75) is 40.3 Å². The number of hydrogen-bond acceptors (Lipinski definition) is 6. The van der Waals surface area contributed by atoms with Gasteiger partial charge >= 0.3 is 0 Å². The largest absolute Gasteiger partial charge is 0.382 e. The number of rotatable bonds is 10. The van der Waals surface area contributed by atoms with Crippen molar-refractivity contribution in [1.82, 2.24) is 19.3 Å². The molecule has 0 atom stereocenters. The Hall–Kier alpha value is -2.75. The summed E-state index contributed by atoms with van der Waals surface area (Å²) < 4.78 is 34.8. The molecule has 0 spiro atoms. The van der Waals surface area contributed by atoms with Gasteiger partial charge in [-0.2, -0.15) is 0 Å². The second-order valence-electron chi connectivity index (χ2n) is 7.23. The minimum atomic E-state index is -3.52. The number of pyridine rings is 1. The first-order valence-corrected chi connectivity index (χ1v) is 11.8. The van der Waals surface area contributed by atoms with E-state index in [0.29, 0.717) is 44.1 Å². The normalized spacial score (nSPS) is 12.2. The molecule has 3 rings (SSSR count). The number of imidazole rings is 1. The van der Waals surface area contributed by atoms with Crippen LogP contribution in [0.15, 0.2) is 35.7 Å². The van der Waals surface area contributed by atoms with E-state index in [0.717, 1.165) is 28.2 Å². The summed E-state index contributed by atoms with van der Waals surface area (Å²) in [6.07, 6.45) is 2.16. The van der Waals surface area contributed by atoms with Crippen molar-refractivity contribution in [3.8, 4) is 0 Å². The van der Waals surface area contributed by atoms with Crippen LogP contribution in [0.4, 0.5) is 5.82 Å². The fraction of sp³-hybridized carbons (Fsp3) is 0.364. The number of hydrogen-bond donors (Lipinski definition) is 2. The number of nitrogens with two attached hydrogens (primary N) is 1. The smallest absolute Gasteiger partial charge is 0.233 e. The zero-order chi connectivity index (χ0) is 22.4. The van der Waals surface area contributed by atoms with Crippen molar-refractivity contribution < 1.29 is 13.2 Å². The first-order chi connectivity index (χ1) is 14.8. The molecule has 8 nitrogen and oxygen atoms in total. The minimum absolute atomic E-state index is 0.299. The standard InChI is InChI=1S/C22H29N5O3S/c1-4-30-15-19-26-20-21(16(2)17(3)25-22(20)23)27(19)13-8-12-24-31(28,29)14-11-18-9-6-5-7-10-18/h5-7,9-11,14,24H,4,8,12-13,15H2,1-3H3,(H2,23,25)/b14-11+. The summed E-state index contributed by atoms with van der Waals surface area (Å²) in [7, 11) is -3.52. The lowest BCUT2D eigenvalue weighted by Crippen LogP contribution is -2.23. The predicted octanol–water partition coefficient (Wildman–Crippen LogP) is 3.15. The van der Waals surface area contributed by atoms with Gasteiger partial charge in [0.25, 0.3) is 0 Å². The first-order valence-electron chi connectivity index (χ1n) is 10.2. The van der Waals surface area contributed by atoms with Crippen LogP contribution in [0.5, 0.6) is 0 Å². The van der Waals surface area contributed by atoms with Crippen molar-refractivity contribution in [2.24, 2.45) is 0 Å². The van der Waals surface area contributed by atoms with Crippen LogP contribution in [-0.4, -0.2) is 36.1 Å². The maximum atomic E-state index is 12.3. The summed E-state index contributed by atoms with van der Waals surface area (Å²) in [6.45, 7) is 7.64. The average Bonchev–Trinajstić information content (AvgIpc) is 3.12. The molecule has 3 aromatic rings. The maximum absolute atomic E-state index is 12.3. The molecule has 31 heavy (non-hydrogen) atoms. The third-order valence-corrected chi connectivity index (χ3v) is 6.11. The lowest BCUT2D eigenvalue weighted by molar-refractivity contribution is 0.126. The van der Waals surface area contributed by atoms with Crippen LogP contribution in [0.3, 0.4) is 0 Å². The Balaban J connectivity index is 1.72. The molecular weight excluding hydrogens is 414 g/mol. The Kier molecular flexibility index (Phi) is 7.42. The SMILES string of the molecule is CCOCc1nc2c(N)nc(C)c(C)c2n1CCCNS(=O)(=O)/C=C/c1ccccc1. The molecule has 0 unspecified atom stereocenters. The maximum Gasteiger partial charge on any atom is 0.233 e. The molecule has 0 saturated carbocycles. The highest BCUT2D eigenvalue weighted by molar-refractivity contribution is 7.92. The molecule has 1 aromatic carbocycles. The Morgan fingerprint density at radius 2 is 1.94 bits per heavy atom. The van der Waals surface area contributed by atoms with E-state index in [4.69, 9.17) is 10.5 Å². The summed E-state index contributed by atoms with van der Waals surface area (Å²) in [5.41, 5.74) is 10.4. The number of sulfonamides is 1. The van der Waals surface area contributed by atoms with E-state index in [1.54, 1.807) is 6.08 Å². The summed E-state index contributed by atoms with van der Waals surface area (Å²) in [4.78, 5) is 9.01. The van der Waals surface area contributed by atoms with Crippen molar-refractivity contribution in [3.63, 3.8) is 0 Å². The molecule has 0 aliphatic carbocycles. The third kappa shape index (κ3) is 5.69. The number of nitrogens with one attached hydrogen (secondary N) is 1. The van der Waals surface area contributed by atoms with E-state index >= 15 is 0 Å². The minimum Gasteiger partial charge on any atom is -0.382 e. The van der Waals surface area contributed by atoms with Gasteiger partial charge in [0, 0.05) is 30.8 Å². The molecule has 0 radical (unpaired) electrons. The Labute approximate surface area is 183 Å². The second kappa shape index (κ2) is 10.0. The van der Waals surface area contributed by atoms with Crippen LogP contribution >= 0.6 is 0 Å². The van der Waals surface area contributed by atoms with Crippen LogP contribution in [-0.2, 0) is 27.9 Å². The van der Waals surface area contributed by atoms with Gasteiger partial charge in [0.05, 0.1) is 5.52 Å². The second-order valence-corrected chi connectivity index (χ2v) is 8.88. The zero-order valence-corrected chi connectivity index (χ0v) is 18.9. The number of fused-ring (bicyclic) bond motifs is 1. The van der Waals surface area contributed by atoms with Gasteiger partial charge in [0.1, 0.15) is 17.9 Å². The van der Waals surface area contributed by atoms with Gasteiger partial charge in [-0.15, -0.1) is 0 Å². The van der Waals surface area contributed by atoms with E-state index in [2.05, 4.69) is 19.3 Å². The monoisotopic (exact) mass is 443 g/mol. The van der Waals surface area contributed by atoms with Gasteiger partial charge in [-0.25, -0.2) is 23.1 Å². The number of anilines is 1. The first kappa shape index (κ1) is 22.9. The van der Waals surface area contributed by atoms with Crippen molar-refractivity contribution >= 4 is 33.0 Å². The van der Waals surface area contributed by atoms with Gasteiger partial charge in [-0.1, -0.05) is 30.3 Å². The van der Waals surface area contributed by atoms with E-state index in [1.807, 2.05) is 51.1 Å². The highest BCUT2D eigenvalue weighted by Gasteiger charge is 2.17. The number of nitrogens with zero attached hydrogens (tertiary/aromatic N) is 3. The number of nitrogen functional groups attached to an aromatic ring is 1. The van der Waals surface area contributed by atoms with Gasteiger partial charge in [-0.3, -0.25) is 0 Å². The van der Waals surface area contributed by atoms with Crippen LogP contribution in [0.2, 0.25) is 0 Å². The number of ether oxygens (including phenoxy) is 1. The molecule has 3 N–H and O–H groups in total. The van der Waals surface area contributed by atoms with Gasteiger partial charge in [0.2, 0.25) is 10.0 Å². The van der Waals surface area contributed by atoms with E-state index in [9.17, 15) is 8.42 Å². The molecule has 0 amide bonds. The fourth-order valence-corrected chi connectivity index (χ4v) is 4.18. The van der Waals surface area contributed by atoms with E-state index in [-0.39, 0.29) is 0 Å². The molecule has 9 heteroatoms. The molecule has 0 fully saturated rings. The third-order valence-electron chi connectivity index (χ3n) is 5.01. The lowest BCUT2D eigenvalue weighted by atomic mass is 10.2. The molecule has 2 heterocycles. The van der Waals surface area contributed by atoms with Crippen molar-refractivity contribution in [1.29, 1.82) is 0 Å². The zero-order valence-electron chi connectivity index (χ0n) is 18.1. The molecule has 0 aliphatic heterocycles.